The summed E-state index contributed by atoms with van der Waals surface area (Å²) in [6, 6.07) is 5.01. The van der Waals surface area contributed by atoms with Gasteiger partial charge in [0.25, 0.3) is 0 Å². The molecule has 0 aromatic heterocycles. The van der Waals surface area contributed by atoms with Crippen molar-refractivity contribution in [2.45, 2.75) is 52.1 Å². The standard InChI is InChI=1S/C16H22O5/c1-9(14(17)18)11-7-6-8-12(21-16(3,4)5)13(11)10(2)15(19)20/h6-10H,1-5H3,(H,17,18)(H,19,20). The van der Waals surface area contributed by atoms with Crippen LogP contribution in [0.2, 0.25) is 0 Å². The largest absolute Gasteiger partial charge is 0.488 e. The van der Waals surface area contributed by atoms with E-state index < -0.39 is 29.4 Å². The lowest BCUT2D eigenvalue weighted by molar-refractivity contribution is -0.140. The molecule has 1 rings (SSSR count). The summed E-state index contributed by atoms with van der Waals surface area (Å²) in [5.41, 5.74) is 0.395. The third-order valence-corrected chi connectivity index (χ3v) is 3.16. The molecule has 0 aliphatic heterocycles. The molecule has 2 N–H and O–H groups in total. The van der Waals surface area contributed by atoms with E-state index in [4.69, 9.17) is 4.74 Å². The summed E-state index contributed by atoms with van der Waals surface area (Å²) in [7, 11) is 0. The van der Waals surface area contributed by atoms with Gasteiger partial charge in [0.05, 0.1) is 11.8 Å². The summed E-state index contributed by atoms with van der Waals surface area (Å²) in [4.78, 5) is 22.6. The van der Waals surface area contributed by atoms with E-state index in [1.54, 1.807) is 18.2 Å². The molecule has 0 saturated carbocycles. The van der Waals surface area contributed by atoms with Crippen molar-refractivity contribution in [1.82, 2.24) is 0 Å². The Labute approximate surface area is 124 Å². The lowest BCUT2D eigenvalue weighted by atomic mass is 9.88. The average molecular weight is 294 g/mol. The van der Waals surface area contributed by atoms with Crippen LogP contribution in [0.5, 0.6) is 5.75 Å². The van der Waals surface area contributed by atoms with E-state index in [-0.39, 0.29) is 0 Å². The first-order chi connectivity index (χ1) is 9.54. The highest BCUT2D eigenvalue weighted by Gasteiger charge is 2.28. The summed E-state index contributed by atoms with van der Waals surface area (Å²) in [6.45, 7) is 8.64. The monoisotopic (exact) mass is 294 g/mol. The summed E-state index contributed by atoms with van der Waals surface area (Å²) >= 11 is 0. The first kappa shape index (κ1) is 17.0. The molecule has 5 heteroatoms. The van der Waals surface area contributed by atoms with Crippen molar-refractivity contribution in [2.75, 3.05) is 0 Å². The number of carboxylic acids is 2. The molecule has 0 spiro atoms. The first-order valence-corrected chi connectivity index (χ1v) is 6.82. The summed E-state index contributed by atoms with van der Waals surface area (Å²) in [5.74, 6) is -3.24. The van der Waals surface area contributed by atoms with Crippen LogP contribution in [-0.4, -0.2) is 27.8 Å². The number of hydrogen-bond donors (Lipinski definition) is 2. The van der Waals surface area contributed by atoms with Gasteiger partial charge in [-0.1, -0.05) is 12.1 Å². The van der Waals surface area contributed by atoms with Gasteiger partial charge < -0.3 is 14.9 Å². The Morgan fingerprint density at radius 3 is 2.00 bits per heavy atom. The molecule has 0 saturated heterocycles. The van der Waals surface area contributed by atoms with Gasteiger partial charge in [0, 0.05) is 5.56 Å². The quantitative estimate of drug-likeness (QED) is 0.871. The van der Waals surface area contributed by atoms with E-state index in [0.29, 0.717) is 16.9 Å². The van der Waals surface area contributed by atoms with Crippen LogP contribution in [0.1, 0.15) is 57.6 Å². The molecule has 0 heterocycles. The Morgan fingerprint density at radius 2 is 1.57 bits per heavy atom. The minimum absolute atomic E-state index is 0.419. The molecule has 2 atom stereocenters. The molecule has 0 aliphatic carbocycles. The van der Waals surface area contributed by atoms with Gasteiger partial charge in [-0.05, 0) is 46.2 Å². The lowest BCUT2D eigenvalue weighted by Crippen LogP contribution is -2.25. The number of benzene rings is 1. The van der Waals surface area contributed by atoms with Crippen LogP contribution >= 0.6 is 0 Å². The van der Waals surface area contributed by atoms with Gasteiger partial charge in [0.2, 0.25) is 0 Å². The van der Waals surface area contributed by atoms with Gasteiger partial charge in [-0.3, -0.25) is 9.59 Å². The normalized spacial score (nSPS) is 14.3. The fraction of sp³-hybridized carbons (Fsp3) is 0.500. The van der Waals surface area contributed by atoms with Crippen LogP contribution in [0.4, 0.5) is 0 Å². The van der Waals surface area contributed by atoms with Crippen molar-refractivity contribution < 1.29 is 24.5 Å². The molecular weight excluding hydrogens is 272 g/mol. The maximum atomic E-state index is 11.4. The summed E-state index contributed by atoms with van der Waals surface area (Å²) in [6.07, 6.45) is 0. The van der Waals surface area contributed by atoms with E-state index in [1.807, 2.05) is 20.8 Å². The summed E-state index contributed by atoms with van der Waals surface area (Å²) < 4.78 is 5.82. The molecule has 2 unspecified atom stereocenters. The smallest absolute Gasteiger partial charge is 0.310 e. The zero-order chi connectivity index (χ0) is 16.4. The van der Waals surface area contributed by atoms with Crippen molar-refractivity contribution in [1.29, 1.82) is 0 Å². The first-order valence-electron chi connectivity index (χ1n) is 6.82. The van der Waals surface area contributed by atoms with Crippen molar-refractivity contribution in [3.63, 3.8) is 0 Å². The highest BCUT2D eigenvalue weighted by Crippen LogP contribution is 2.36. The second kappa shape index (κ2) is 6.16. The fourth-order valence-corrected chi connectivity index (χ4v) is 2.08. The van der Waals surface area contributed by atoms with Crippen molar-refractivity contribution >= 4 is 11.9 Å². The number of ether oxygens (including phenoxy) is 1. The van der Waals surface area contributed by atoms with E-state index in [1.165, 1.54) is 13.8 Å². The van der Waals surface area contributed by atoms with Crippen molar-refractivity contribution in [3.05, 3.63) is 29.3 Å². The summed E-state index contributed by atoms with van der Waals surface area (Å²) in [5, 5.41) is 18.5. The van der Waals surface area contributed by atoms with Gasteiger partial charge >= 0.3 is 11.9 Å². The maximum absolute atomic E-state index is 11.4. The Hall–Kier alpha value is -2.04. The van der Waals surface area contributed by atoms with Crippen LogP contribution in [0.3, 0.4) is 0 Å². The van der Waals surface area contributed by atoms with Gasteiger partial charge in [0.1, 0.15) is 11.4 Å². The molecule has 5 nitrogen and oxygen atoms in total. The Kier molecular flexibility index (Phi) is 4.99. The molecule has 21 heavy (non-hydrogen) atoms. The third kappa shape index (κ3) is 4.21. The number of rotatable bonds is 5. The molecule has 0 aliphatic rings. The average Bonchev–Trinajstić information content (AvgIpc) is 2.34. The molecular formula is C16H22O5. The van der Waals surface area contributed by atoms with Crippen molar-refractivity contribution in [3.8, 4) is 5.75 Å². The van der Waals surface area contributed by atoms with Crippen LogP contribution < -0.4 is 4.74 Å². The number of carbonyl (C=O) groups is 2. The van der Waals surface area contributed by atoms with Crippen molar-refractivity contribution in [2.24, 2.45) is 0 Å². The Balaban J connectivity index is 3.48. The molecule has 0 radical (unpaired) electrons. The number of aliphatic carboxylic acids is 2. The van der Waals surface area contributed by atoms with Gasteiger partial charge in [-0.15, -0.1) is 0 Å². The number of hydrogen-bond acceptors (Lipinski definition) is 3. The van der Waals surface area contributed by atoms with E-state index in [2.05, 4.69) is 0 Å². The third-order valence-electron chi connectivity index (χ3n) is 3.16. The molecule has 116 valence electrons. The van der Waals surface area contributed by atoms with Gasteiger partial charge in [0.15, 0.2) is 0 Å². The molecule has 0 fully saturated rings. The lowest BCUT2D eigenvalue weighted by Gasteiger charge is -2.26. The van der Waals surface area contributed by atoms with E-state index >= 15 is 0 Å². The van der Waals surface area contributed by atoms with Gasteiger partial charge in [-0.25, -0.2) is 0 Å². The second-order valence-corrected chi connectivity index (χ2v) is 6.09. The molecule has 0 bridgehead atoms. The van der Waals surface area contributed by atoms with Gasteiger partial charge in [-0.2, -0.15) is 0 Å². The predicted octanol–water partition coefficient (Wildman–Crippen LogP) is 3.24. The minimum atomic E-state index is -1.02. The molecule has 1 aromatic rings. The molecule has 0 amide bonds. The SMILES string of the molecule is CC(C(=O)O)c1cccc(OC(C)(C)C)c1C(C)C(=O)O. The van der Waals surface area contributed by atoms with Crippen LogP contribution in [0.15, 0.2) is 18.2 Å². The maximum Gasteiger partial charge on any atom is 0.310 e. The zero-order valence-electron chi connectivity index (χ0n) is 13.0. The van der Waals surface area contributed by atoms with Crippen LogP contribution in [0, 0.1) is 0 Å². The fourth-order valence-electron chi connectivity index (χ4n) is 2.08. The Morgan fingerprint density at radius 1 is 1.05 bits per heavy atom. The second-order valence-electron chi connectivity index (χ2n) is 6.09. The van der Waals surface area contributed by atoms with E-state index in [0.717, 1.165) is 0 Å². The number of carboxylic acid groups (broad SMARTS) is 2. The Bertz CT molecular complexity index is 542. The van der Waals surface area contributed by atoms with Crippen LogP contribution in [0.25, 0.3) is 0 Å². The minimum Gasteiger partial charge on any atom is -0.488 e. The topological polar surface area (TPSA) is 83.8 Å². The molecule has 1 aromatic carbocycles. The highest BCUT2D eigenvalue weighted by molar-refractivity contribution is 5.81. The highest BCUT2D eigenvalue weighted by atomic mass is 16.5. The predicted molar refractivity (Wildman–Crippen MR) is 78.9 cm³/mol. The van der Waals surface area contributed by atoms with Crippen LogP contribution in [-0.2, 0) is 9.59 Å². The van der Waals surface area contributed by atoms with E-state index in [9.17, 15) is 19.8 Å². The zero-order valence-corrected chi connectivity index (χ0v) is 13.0.